The average Bonchev–Trinajstić information content (AvgIpc) is 3.45. The van der Waals surface area contributed by atoms with Gasteiger partial charge in [0.15, 0.2) is 0 Å². The second-order valence-electron chi connectivity index (χ2n) is 11.0. The number of hydrogen-bond acceptors (Lipinski definition) is 5. The lowest BCUT2D eigenvalue weighted by molar-refractivity contribution is -0.274. The Labute approximate surface area is 275 Å². The van der Waals surface area contributed by atoms with Crippen LogP contribution in [0, 0.1) is 0 Å². The van der Waals surface area contributed by atoms with Crippen molar-refractivity contribution in [2.45, 2.75) is 38.8 Å². The standard InChI is InChI=1S/C35H29F6N3O5/c1-2-15-48-31-18-26(34(36,37)38)10-12-28(31)29-19-30(24-8-7-22-9-11-27(17-25(22)16-24)49-35(39,40)41)44(43-29)20-21-3-5-23(6-4-21)33(47)42-14-13-32(45)46/h3-12,16-19H,2,13-15,20H2,1H3,(H,42,47)(H,45,46). The molecule has 49 heavy (non-hydrogen) atoms. The summed E-state index contributed by atoms with van der Waals surface area (Å²) in [6, 6.07) is 20.3. The number of fused-ring (bicyclic) bond motifs is 1. The first kappa shape index (κ1) is 34.8. The van der Waals surface area contributed by atoms with Gasteiger partial charge >= 0.3 is 18.5 Å². The van der Waals surface area contributed by atoms with Crippen LogP contribution in [0.1, 0.15) is 41.3 Å². The Morgan fingerprint density at radius 3 is 2.29 bits per heavy atom. The Balaban J connectivity index is 1.56. The summed E-state index contributed by atoms with van der Waals surface area (Å²) in [5.74, 6) is -1.92. The first-order valence-electron chi connectivity index (χ1n) is 15.0. The van der Waals surface area contributed by atoms with Gasteiger partial charge < -0.3 is 19.9 Å². The van der Waals surface area contributed by atoms with Gasteiger partial charge in [-0.1, -0.05) is 37.3 Å². The van der Waals surface area contributed by atoms with E-state index in [-0.39, 0.29) is 31.9 Å². The zero-order valence-electron chi connectivity index (χ0n) is 25.9. The van der Waals surface area contributed by atoms with E-state index in [0.29, 0.717) is 50.8 Å². The molecule has 5 aromatic rings. The number of carbonyl (C=O) groups excluding carboxylic acids is 1. The van der Waals surface area contributed by atoms with Gasteiger partial charge in [0.25, 0.3) is 5.91 Å². The number of nitrogens with zero attached hydrogens (tertiary/aromatic N) is 2. The van der Waals surface area contributed by atoms with E-state index >= 15 is 0 Å². The number of alkyl halides is 6. The molecule has 0 aliphatic rings. The molecule has 0 atom stereocenters. The van der Waals surface area contributed by atoms with Crippen LogP contribution in [0.25, 0.3) is 33.3 Å². The van der Waals surface area contributed by atoms with Gasteiger partial charge in [-0.05, 0) is 77.4 Å². The Morgan fingerprint density at radius 1 is 0.878 bits per heavy atom. The molecule has 0 saturated heterocycles. The number of carboxylic acids is 1. The maximum atomic E-state index is 13.6. The number of carboxylic acid groups (broad SMARTS) is 1. The molecule has 8 nitrogen and oxygen atoms in total. The van der Waals surface area contributed by atoms with Gasteiger partial charge in [-0.25, -0.2) is 0 Å². The summed E-state index contributed by atoms with van der Waals surface area (Å²) in [5.41, 5.74) is 1.73. The summed E-state index contributed by atoms with van der Waals surface area (Å²) >= 11 is 0. The van der Waals surface area contributed by atoms with E-state index in [1.807, 2.05) is 6.92 Å². The minimum atomic E-state index is -4.88. The van der Waals surface area contributed by atoms with Crippen molar-refractivity contribution in [1.82, 2.24) is 15.1 Å². The maximum absolute atomic E-state index is 13.6. The maximum Gasteiger partial charge on any atom is 0.573 e. The molecule has 1 aromatic heterocycles. The molecular formula is C35H29F6N3O5. The fraction of sp³-hybridized carbons (Fsp3) is 0.229. The quantitative estimate of drug-likeness (QED) is 0.128. The van der Waals surface area contributed by atoms with E-state index in [2.05, 4.69) is 10.1 Å². The van der Waals surface area contributed by atoms with Gasteiger partial charge in [0, 0.05) is 23.2 Å². The lowest BCUT2D eigenvalue weighted by Crippen LogP contribution is -2.25. The first-order valence-corrected chi connectivity index (χ1v) is 15.0. The second-order valence-corrected chi connectivity index (χ2v) is 11.0. The molecule has 4 aromatic carbocycles. The van der Waals surface area contributed by atoms with Crippen molar-refractivity contribution >= 4 is 22.6 Å². The number of carbonyl (C=O) groups is 2. The third kappa shape index (κ3) is 8.89. The van der Waals surface area contributed by atoms with E-state index in [1.165, 1.54) is 24.3 Å². The SMILES string of the molecule is CCCOc1cc(C(F)(F)F)ccc1-c1cc(-c2ccc3ccc(OC(F)(F)F)cc3c2)n(Cc2ccc(C(=O)NCCC(=O)O)cc2)n1. The van der Waals surface area contributed by atoms with Crippen LogP contribution < -0.4 is 14.8 Å². The molecule has 0 aliphatic heterocycles. The molecular weight excluding hydrogens is 656 g/mol. The Bertz CT molecular complexity index is 1970. The van der Waals surface area contributed by atoms with Gasteiger partial charge in [-0.3, -0.25) is 14.3 Å². The lowest BCUT2D eigenvalue weighted by Gasteiger charge is -2.13. The van der Waals surface area contributed by atoms with Crippen molar-refractivity contribution in [1.29, 1.82) is 0 Å². The number of rotatable bonds is 12. The van der Waals surface area contributed by atoms with Crippen molar-refractivity contribution < 1.29 is 50.5 Å². The van der Waals surface area contributed by atoms with Crippen LogP contribution in [0.3, 0.4) is 0 Å². The third-order valence-corrected chi connectivity index (χ3v) is 7.34. The molecule has 1 heterocycles. The topological polar surface area (TPSA) is 103 Å². The highest BCUT2D eigenvalue weighted by Crippen LogP contribution is 2.39. The second kappa shape index (κ2) is 14.3. The lowest BCUT2D eigenvalue weighted by atomic mass is 10.0. The van der Waals surface area contributed by atoms with Crippen LogP contribution in [0.4, 0.5) is 26.3 Å². The Morgan fingerprint density at radius 2 is 1.61 bits per heavy atom. The smallest absolute Gasteiger partial charge is 0.493 e. The zero-order valence-corrected chi connectivity index (χ0v) is 25.9. The van der Waals surface area contributed by atoms with Gasteiger partial charge in [0.05, 0.1) is 36.5 Å². The van der Waals surface area contributed by atoms with E-state index in [1.54, 1.807) is 53.2 Å². The zero-order chi connectivity index (χ0) is 35.3. The van der Waals surface area contributed by atoms with Gasteiger partial charge in [-0.2, -0.15) is 18.3 Å². The van der Waals surface area contributed by atoms with Crippen LogP contribution in [0.15, 0.2) is 84.9 Å². The van der Waals surface area contributed by atoms with Crippen molar-refractivity contribution in [2.75, 3.05) is 13.2 Å². The molecule has 5 rings (SSSR count). The third-order valence-electron chi connectivity index (χ3n) is 7.34. The summed E-state index contributed by atoms with van der Waals surface area (Å²) < 4.78 is 90.9. The Kier molecular flexibility index (Phi) is 10.2. The van der Waals surface area contributed by atoms with Crippen molar-refractivity contribution in [3.63, 3.8) is 0 Å². The highest BCUT2D eigenvalue weighted by atomic mass is 19.4. The van der Waals surface area contributed by atoms with Crippen LogP contribution >= 0.6 is 0 Å². The Hall–Kier alpha value is -5.53. The number of halogens is 6. The number of amides is 1. The number of benzene rings is 4. The molecule has 256 valence electrons. The molecule has 0 fully saturated rings. The summed E-state index contributed by atoms with van der Waals surface area (Å²) in [6.07, 6.45) is -9.18. The molecule has 0 aliphatic carbocycles. The molecule has 14 heteroatoms. The molecule has 0 radical (unpaired) electrons. The molecule has 0 bridgehead atoms. The fourth-order valence-corrected chi connectivity index (χ4v) is 5.04. The van der Waals surface area contributed by atoms with Gasteiger partial charge in [0.1, 0.15) is 11.5 Å². The minimum absolute atomic E-state index is 0.0152. The minimum Gasteiger partial charge on any atom is -0.493 e. The molecule has 0 saturated carbocycles. The molecule has 0 spiro atoms. The van der Waals surface area contributed by atoms with E-state index in [0.717, 1.165) is 12.1 Å². The van der Waals surface area contributed by atoms with E-state index in [9.17, 15) is 35.9 Å². The van der Waals surface area contributed by atoms with E-state index in [4.69, 9.17) is 14.9 Å². The van der Waals surface area contributed by atoms with Gasteiger partial charge in [-0.15, -0.1) is 13.2 Å². The van der Waals surface area contributed by atoms with Crippen molar-refractivity contribution in [2.24, 2.45) is 0 Å². The number of ether oxygens (including phenoxy) is 2. The summed E-state index contributed by atoms with van der Waals surface area (Å²) in [4.78, 5) is 23.2. The molecule has 1 amide bonds. The van der Waals surface area contributed by atoms with Crippen molar-refractivity contribution in [3.05, 3.63) is 102 Å². The van der Waals surface area contributed by atoms with Crippen LogP contribution in [-0.4, -0.2) is 46.3 Å². The summed E-state index contributed by atoms with van der Waals surface area (Å²) in [7, 11) is 0. The van der Waals surface area contributed by atoms with E-state index < -0.39 is 35.7 Å². The number of nitrogens with one attached hydrogen (secondary N) is 1. The number of aromatic nitrogens is 2. The highest BCUT2D eigenvalue weighted by Gasteiger charge is 2.32. The first-order chi connectivity index (χ1) is 23.2. The highest BCUT2D eigenvalue weighted by molar-refractivity contribution is 5.94. The predicted molar refractivity (Wildman–Crippen MR) is 168 cm³/mol. The fourth-order valence-electron chi connectivity index (χ4n) is 5.04. The average molecular weight is 686 g/mol. The van der Waals surface area contributed by atoms with Crippen LogP contribution in [-0.2, 0) is 17.5 Å². The monoisotopic (exact) mass is 685 g/mol. The number of aliphatic carboxylic acids is 1. The predicted octanol–water partition coefficient (Wildman–Crippen LogP) is 8.33. The largest absolute Gasteiger partial charge is 0.573 e. The van der Waals surface area contributed by atoms with Gasteiger partial charge in [0.2, 0.25) is 0 Å². The summed E-state index contributed by atoms with van der Waals surface area (Å²) in [5, 5.41) is 17.1. The summed E-state index contributed by atoms with van der Waals surface area (Å²) in [6.45, 7) is 2.07. The molecule has 2 N–H and O–H groups in total. The normalized spacial score (nSPS) is 11.8. The van der Waals surface area contributed by atoms with Crippen LogP contribution in [0.2, 0.25) is 0 Å². The van der Waals surface area contributed by atoms with Crippen LogP contribution in [0.5, 0.6) is 11.5 Å². The number of hydrogen-bond donors (Lipinski definition) is 2. The molecule has 0 unspecified atom stereocenters. The van der Waals surface area contributed by atoms with Crippen molar-refractivity contribution in [3.8, 4) is 34.0 Å².